The Hall–Kier alpha value is -1.54. The summed E-state index contributed by atoms with van der Waals surface area (Å²) in [5.41, 5.74) is 2.09. The summed E-state index contributed by atoms with van der Waals surface area (Å²) in [6.07, 6.45) is 7.28. The van der Waals surface area contributed by atoms with E-state index < -0.39 is 0 Å². The van der Waals surface area contributed by atoms with E-state index in [1.54, 1.807) is 12.2 Å². The second kappa shape index (κ2) is 4.36. The van der Waals surface area contributed by atoms with Crippen LogP contribution in [0.2, 0.25) is 0 Å². The molecule has 1 rings (SSSR count). The molecule has 1 fully saturated rings. The van der Waals surface area contributed by atoms with Crippen molar-refractivity contribution in [2.24, 2.45) is 0 Å². The van der Waals surface area contributed by atoms with Gasteiger partial charge in [-0.3, -0.25) is 0 Å². The molecule has 2 nitrogen and oxygen atoms in total. The maximum Gasteiger partial charge on any atom is 0.0915 e. The quantitative estimate of drug-likeness (QED) is 0.508. The van der Waals surface area contributed by atoms with Crippen molar-refractivity contribution in [3.8, 4) is 12.1 Å². The van der Waals surface area contributed by atoms with Gasteiger partial charge in [0.05, 0.1) is 12.1 Å². The van der Waals surface area contributed by atoms with Gasteiger partial charge in [-0.25, -0.2) is 0 Å². The molecular weight excluding hydrogens is 148 g/mol. The Bertz CT molecular complexity index is 265. The van der Waals surface area contributed by atoms with Crippen LogP contribution in [0.1, 0.15) is 25.7 Å². The van der Waals surface area contributed by atoms with E-state index in [0.29, 0.717) is 0 Å². The van der Waals surface area contributed by atoms with E-state index in [1.165, 1.54) is 0 Å². The highest BCUT2D eigenvalue weighted by atomic mass is 14.2. The minimum absolute atomic E-state index is 0.946. The summed E-state index contributed by atoms with van der Waals surface area (Å²) in [5.74, 6) is 0. The summed E-state index contributed by atoms with van der Waals surface area (Å²) in [6.45, 7) is 0. The lowest BCUT2D eigenvalue weighted by Crippen LogP contribution is -1.97. The third-order valence-corrected chi connectivity index (χ3v) is 2.03. The van der Waals surface area contributed by atoms with Crippen LogP contribution in [0.15, 0.2) is 23.3 Å². The number of hydrogen-bond donors (Lipinski definition) is 0. The molecule has 0 radical (unpaired) electrons. The van der Waals surface area contributed by atoms with Gasteiger partial charge in [-0.15, -0.1) is 0 Å². The molecular formula is C10H10N2. The van der Waals surface area contributed by atoms with Gasteiger partial charge in [-0.05, 0) is 36.8 Å². The van der Waals surface area contributed by atoms with E-state index in [1.807, 2.05) is 12.1 Å². The first-order valence-corrected chi connectivity index (χ1v) is 4.06. The molecule has 0 aromatic heterocycles. The lowest BCUT2D eigenvalue weighted by atomic mass is 9.89. The molecule has 1 aliphatic carbocycles. The summed E-state index contributed by atoms with van der Waals surface area (Å²) in [6, 6.07) is 4.03. The summed E-state index contributed by atoms with van der Waals surface area (Å²) >= 11 is 0. The van der Waals surface area contributed by atoms with Gasteiger partial charge < -0.3 is 0 Å². The van der Waals surface area contributed by atoms with Crippen molar-refractivity contribution in [2.75, 3.05) is 0 Å². The number of allylic oxidation sites excluding steroid dienone is 4. The van der Waals surface area contributed by atoms with Gasteiger partial charge in [-0.2, -0.15) is 10.5 Å². The highest BCUT2D eigenvalue weighted by molar-refractivity contribution is 5.38. The highest BCUT2D eigenvalue weighted by Gasteiger charge is 2.10. The smallest absolute Gasteiger partial charge is 0.0915 e. The molecule has 0 N–H and O–H groups in total. The van der Waals surface area contributed by atoms with E-state index in [9.17, 15) is 0 Å². The zero-order valence-electron chi connectivity index (χ0n) is 6.88. The number of nitrogens with zero attached hydrogens (tertiary/aromatic N) is 2. The molecule has 0 heterocycles. The van der Waals surface area contributed by atoms with Crippen molar-refractivity contribution < 1.29 is 0 Å². The maximum absolute atomic E-state index is 8.47. The third kappa shape index (κ3) is 1.97. The predicted octanol–water partition coefficient (Wildman–Crippen LogP) is 2.46. The summed E-state index contributed by atoms with van der Waals surface area (Å²) in [4.78, 5) is 0. The Morgan fingerprint density at radius 1 is 0.917 bits per heavy atom. The largest absolute Gasteiger partial charge is 0.193 e. The van der Waals surface area contributed by atoms with E-state index >= 15 is 0 Å². The van der Waals surface area contributed by atoms with Gasteiger partial charge in [0.1, 0.15) is 0 Å². The van der Waals surface area contributed by atoms with Crippen LogP contribution in [0.25, 0.3) is 0 Å². The van der Waals surface area contributed by atoms with Crippen LogP contribution < -0.4 is 0 Å². The van der Waals surface area contributed by atoms with E-state index in [4.69, 9.17) is 10.5 Å². The Labute approximate surface area is 72.4 Å². The van der Waals surface area contributed by atoms with Crippen molar-refractivity contribution in [3.63, 3.8) is 0 Å². The van der Waals surface area contributed by atoms with E-state index in [2.05, 4.69) is 0 Å². The molecule has 60 valence electrons. The average molecular weight is 158 g/mol. The fourth-order valence-corrected chi connectivity index (χ4v) is 1.44. The summed E-state index contributed by atoms with van der Waals surface area (Å²) in [7, 11) is 0. The second-order valence-corrected chi connectivity index (χ2v) is 2.80. The predicted molar refractivity (Wildman–Crippen MR) is 45.9 cm³/mol. The van der Waals surface area contributed by atoms with E-state index in [-0.39, 0.29) is 0 Å². The molecule has 0 bridgehead atoms. The van der Waals surface area contributed by atoms with Crippen molar-refractivity contribution in [3.05, 3.63) is 23.3 Å². The first kappa shape index (κ1) is 8.56. The van der Waals surface area contributed by atoms with Crippen LogP contribution in [-0.4, -0.2) is 0 Å². The first-order valence-electron chi connectivity index (χ1n) is 4.06. The van der Waals surface area contributed by atoms with Crippen LogP contribution in [0, 0.1) is 22.7 Å². The van der Waals surface area contributed by atoms with Crippen LogP contribution in [0.4, 0.5) is 0 Å². The van der Waals surface area contributed by atoms with Crippen molar-refractivity contribution in [1.29, 1.82) is 10.5 Å². The lowest BCUT2D eigenvalue weighted by molar-refractivity contribution is 0.679. The maximum atomic E-state index is 8.47. The zero-order valence-corrected chi connectivity index (χ0v) is 6.88. The molecule has 0 unspecified atom stereocenters. The van der Waals surface area contributed by atoms with Gasteiger partial charge in [0.15, 0.2) is 0 Å². The summed E-state index contributed by atoms with van der Waals surface area (Å²) in [5, 5.41) is 16.9. The number of nitriles is 2. The van der Waals surface area contributed by atoms with Gasteiger partial charge >= 0.3 is 0 Å². The SMILES string of the molecule is N#C/C=C1\CCCC\C1=C/C#N. The Kier molecular flexibility index (Phi) is 3.11. The molecule has 0 aromatic rings. The van der Waals surface area contributed by atoms with Crippen molar-refractivity contribution in [1.82, 2.24) is 0 Å². The molecule has 0 aliphatic heterocycles. The van der Waals surface area contributed by atoms with Gasteiger partial charge in [0.2, 0.25) is 0 Å². The highest BCUT2D eigenvalue weighted by Crippen LogP contribution is 2.27. The molecule has 0 spiro atoms. The molecule has 12 heavy (non-hydrogen) atoms. The van der Waals surface area contributed by atoms with Crippen molar-refractivity contribution in [2.45, 2.75) is 25.7 Å². The Morgan fingerprint density at radius 2 is 1.33 bits per heavy atom. The van der Waals surface area contributed by atoms with Gasteiger partial charge in [0, 0.05) is 12.2 Å². The summed E-state index contributed by atoms with van der Waals surface area (Å²) < 4.78 is 0. The van der Waals surface area contributed by atoms with Crippen LogP contribution in [0.3, 0.4) is 0 Å². The third-order valence-electron chi connectivity index (χ3n) is 2.03. The zero-order chi connectivity index (χ0) is 8.81. The number of hydrogen-bond acceptors (Lipinski definition) is 2. The fraction of sp³-hybridized carbons (Fsp3) is 0.400. The minimum atomic E-state index is 0.946. The molecule has 0 aromatic carbocycles. The Balaban J connectivity index is 2.84. The van der Waals surface area contributed by atoms with Crippen molar-refractivity contribution >= 4 is 0 Å². The normalized spacial score (nSPS) is 23.5. The molecule has 1 aliphatic rings. The molecule has 0 saturated heterocycles. The first-order chi connectivity index (χ1) is 5.88. The number of rotatable bonds is 0. The Morgan fingerprint density at radius 3 is 1.67 bits per heavy atom. The van der Waals surface area contributed by atoms with E-state index in [0.717, 1.165) is 36.8 Å². The topological polar surface area (TPSA) is 47.6 Å². The minimum Gasteiger partial charge on any atom is -0.193 e. The molecule has 2 heteroatoms. The fourth-order valence-electron chi connectivity index (χ4n) is 1.44. The lowest BCUT2D eigenvalue weighted by Gasteiger charge is -2.15. The van der Waals surface area contributed by atoms with Gasteiger partial charge in [-0.1, -0.05) is 0 Å². The molecule has 0 atom stereocenters. The van der Waals surface area contributed by atoms with Gasteiger partial charge in [0.25, 0.3) is 0 Å². The van der Waals surface area contributed by atoms with Crippen LogP contribution in [0.5, 0.6) is 0 Å². The monoisotopic (exact) mass is 158 g/mol. The van der Waals surface area contributed by atoms with Crippen LogP contribution >= 0.6 is 0 Å². The second-order valence-electron chi connectivity index (χ2n) is 2.80. The van der Waals surface area contributed by atoms with Crippen LogP contribution in [-0.2, 0) is 0 Å². The molecule has 1 saturated carbocycles. The molecule has 0 amide bonds. The average Bonchev–Trinajstić information content (AvgIpc) is 2.09. The standard InChI is InChI=1S/C10H10N2/c11-7-5-9-3-1-2-4-10(9)6-8-12/h5-6H,1-4H2/b9-5+,10-6+.